The fourth-order valence-electron chi connectivity index (χ4n) is 1.70. The summed E-state index contributed by atoms with van der Waals surface area (Å²) in [4.78, 5) is 2.46. The van der Waals surface area contributed by atoms with E-state index < -0.39 is 0 Å². The molecular weight excluding hydrogens is 140 g/mol. The average Bonchev–Trinajstić information content (AvgIpc) is 2.32. The lowest BCUT2D eigenvalue weighted by molar-refractivity contribution is 0.106. The Morgan fingerprint density at radius 1 is 1.36 bits per heavy atom. The molecule has 0 aromatic heterocycles. The van der Waals surface area contributed by atoms with Crippen LogP contribution in [0.25, 0.3) is 0 Å². The van der Waals surface area contributed by atoms with Gasteiger partial charge in [-0.25, -0.2) is 0 Å². The van der Waals surface area contributed by atoms with Crippen molar-refractivity contribution in [2.45, 2.75) is 18.5 Å². The molecule has 0 aliphatic carbocycles. The molecule has 64 valence electrons. The van der Waals surface area contributed by atoms with Crippen LogP contribution in [0.2, 0.25) is 0 Å². The average molecular weight is 156 g/mol. The van der Waals surface area contributed by atoms with E-state index in [1.165, 1.54) is 6.42 Å². The summed E-state index contributed by atoms with van der Waals surface area (Å²) in [6, 6.07) is 1.45. The van der Waals surface area contributed by atoms with Crippen LogP contribution in [-0.2, 0) is 4.74 Å². The van der Waals surface area contributed by atoms with Gasteiger partial charge in [-0.15, -0.1) is 0 Å². The summed E-state index contributed by atoms with van der Waals surface area (Å²) in [6.07, 6.45) is 1.22. The molecule has 0 aromatic carbocycles. The van der Waals surface area contributed by atoms with Crippen molar-refractivity contribution in [2.75, 3.05) is 33.4 Å². The molecule has 0 unspecified atom stereocenters. The van der Waals surface area contributed by atoms with E-state index in [4.69, 9.17) is 4.74 Å². The molecule has 2 rings (SSSR count). The number of likely N-dealkylation sites (N-methyl/N-ethyl adjacent to an activating group) is 1. The van der Waals surface area contributed by atoms with Gasteiger partial charge >= 0.3 is 0 Å². The number of rotatable bonds is 2. The molecule has 0 radical (unpaired) electrons. The summed E-state index contributed by atoms with van der Waals surface area (Å²) in [5, 5.41) is 3.28. The Morgan fingerprint density at radius 3 is 2.64 bits per heavy atom. The van der Waals surface area contributed by atoms with Gasteiger partial charge in [0.2, 0.25) is 0 Å². The minimum absolute atomic E-state index is 0.682. The Balaban J connectivity index is 1.82. The van der Waals surface area contributed by atoms with Crippen molar-refractivity contribution in [3.05, 3.63) is 0 Å². The van der Waals surface area contributed by atoms with Crippen molar-refractivity contribution >= 4 is 0 Å². The van der Waals surface area contributed by atoms with E-state index in [-0.39, 0.29) is 0 Å². The third-order valence-corrected chi connectivity index (χ3v) is 2.82. The minimum atomic E-state index is 0.682. The van der Waals surface area contributed by atoms with E-state index >= 15 is 0 Å². The standard InChI is InChI=1S/C8H16N2O/c1-10(8-4-9-5-8)7-2-3-11-6-7/h7-9H,2-6H2,1H3/t7-/m0/s1. The summed E-state index contributed by atoms with van der Waals surface area (Å²) in [5.74, 6) is 0. The Kier molecular flexibility index (Phi) is 2.11. The van der Waals surface area contributed by atoms with E-state index in [1.807, 2.05) is 0 Å². The van der Waals surface area contributed by atoms with Gasteiger partial charge in [-0.05, 0) is 13.5 Å². The first-order valence-corrected chi connectivity index (χ1v) is 4.38. The van der Waals surface area contributed by atoms with E-state index in [2.05, 4.69) is 17.3 Å². The van der Waals surface area contributed by atoms with Crippen molar-refractivity contribution in [3.63, 3.8) is 0 Å². The van der Waals surface area contributed by atoms with Crippen molar-refractivity contribution in [3.8, 4) is 0 Å². The van der Waals surface area contributed by atoms with Crippen LogP contribution in [0.5, 0.6) is 0 Å². The SMILES string of the molecule is CN(C1CNC1)[C@H]1CCOC1. The summed E-state index contributed by atoms with van der Waals surface area (Å²) in [7, 11) is 2.21. The lowest BCUT2D eigenvalue weighted by atomic mass is 10.1. The Hall–Kier alpha value is -0.120. The molecule has 2 fully saturated rings. The molecule has 3 nitrogen and oxygen atoms in total. The number of nitrogens with one attached hydrogen (secondary N) is 1. The van der Waals surface area contributed by atoms with Crippen LogP contribution in [0.3, 0.4) is 0 Å². The summed E-state index contributed by atoms with van der Waals surface area (Å²) >= 11 is 0. The summed E-state index contributed by atoms with van der Waals surface area (Å²) in [5.41, 5.74) is 0. The predicted octanol–water partition coefficient (Wildman–Crippen LogP) is -0.321. The minimum Gasteiger partial charge on any atom is -0.380 e. The maximum Gasteiger partial charge on any atom is 0.0622 e. The highest BCUT2D eigenvalue weighted by Gasteiger charge is 2.29. The first kappa shape index (κ1) is 7.53. The quantitative estimate of drug-likeness (QED) is 0.593. The van der Waals surface area contributed by atoms with Crippen molar-refractivity contribution in [1.29, 1.82) is 0 Å². The van der Waals surface area contributed by atoms with Gasteiger partial charge in [-0.1, -0.05) is 0 Å². The molecule has 2 aliphatic heterocycles. The van der Waals surface area contributed by atoms with Gasteiger partial charge in [0.1, 0.15) is 0 Å². The maximum atomic E-state index is 5.33. The largest absolute Gasteiger partial charge is 0.380 e. The highest BCUT2D eigenvalue weighted by atomic mass is 16.5. The molecule has 1 N–H and O–H groups in total. The second-order valence-electron chi connectivity index (χ2n) is 3.49. The zero-order valence-electron chi connectivity index (χ0n) is 7.05. The number of hydrogen-bond acceptors (Lipinski definition) is 3. The third-order valence-electron chi connectivity index (χ3n) is 2.82. The Labute approximate surface area is 67.7 Å². The van der Waals surface area contributed by atoms with E-state index in [0.29, 0.717) is 6.04 Å². The third kappa shape index (κ3) is 1.41. The van der Waals surface area contributed by atoms with Gasteiger partial charge in [0, 0.05) is 31.8 Å². The molecule has 0 spiro atoms. The van der Waals surface area contributed by atoms with Crippen molar-refractivity contribution in [2.24, 2.45) is 0 Å². The van der Waals surface area contributed by atoms with Gasteiger partial charge in [-0.3, -0.25) is 4.90 Å². The molecule has 2 aliphatic rings. The van der Waals surface area contributed by atoms with Gasteiger partial charge in [-0.2, -0.15) is 0 Å². The van der Waals surface area contributed by atoms with Crippen LogP contribution in [0, 0.1) is 0 Å². The van der Waals surface area contributed by atoms with Crippen LogP contribution in [0.15, 0.2) is 0 Å². The molecule has 2 saturated heterocycles. The van der Waals surface area contributed by atoms with E-state index in [9.17, 15) is 0 Å². The molecule has 0 aromatic rings. The molecule has 11 heavy (non-hydrogen) atoms. The fourth-order valence-corrected chi connectivity index (χ4v) is 1.70. The molecule has 3 heteroatoms. The van der Waals surface area contributed by atoms with Gasteiger partial charge in [0.15, 0.2) is 0 Å². The van der Waals surface area contributed by atoms with Gasteiger partial charge in [0.05, 0.1) is 6.61 Å². The van der Waals surface area contributed by atoms with Gasteiger partial charge in [0.25, 0.3) is 0 Å². The zero-order valence-corrected chi connectivity index (χ0v) is 7.05. The lowest BCUT2D eigenvalue weighted by Crippen LogP contribution is -2.58. The van der Waals surface area contributed by atoms with Crippen molar-refractivity contribution < 1.29 is 4.74 Å². The molecule has 1 atom stereocenters. The number of hydrogen-bond donors (Lipinski definition) is 1. The first-order chi connectivity index (χ1) is 5.38. The molecule has 0 amide bonds. The fraction of sp³-hybridized carbons (Fsp3) is 1.00. The van der Waals surface area contributed by atoms with Crippen LogP contribution >= 0.6 is 0 Å². The topological polar surface area (TPSA) is 24.5 Å². The van der Waals surface area contributed by atoms with Crippen LogP contribution in [-0.4, -0.2) is 50.3 Å². The second-order valence-corrected chi connectivity index (χ2v) is 3.49. The highest BCUT2D eigenvalue weighted by Crippen LogP contribution is 2.14. The smallest absolute Gasteiger partial charge is 0.0622 e. The summed E-state index contributed by atoms with van der Waals surface area (Å²) < 4.78 is 5.33. The van der Waals surface area contributed by atoms with Crippen LogP contribution < -0.4 is 5.32 Å². The monoisotopic (exact) mass is 156 g/mol. The van der Waals surface area contributed by atoms with Crippen LogP contribution in [0.4, 0.5) is 0 Å². The first-order valence-electron chi connectivity index (χ1n) is 4.38. The maximum absolute atomic E-state index is 5.33. The second kappa shape index (κ2) is 3.09. The summed E-state index contributed by atoms with van der Waals surface area (Å²) in [6.45, 7) is 4.21. The molecule has 0 bridgehead atoms. The predicted molar refractivity (Wildman–Crippen MR) is 43.6 cm³/mol. The van der Waals surface area contributed by atoms with Crippen molar-refractivity contribution in [1.82, 2.24) is 10.2 Å². The molecule has 0 saturated carbocycles. The highest BCUT2D eigenvalue weighted by molar-refractivity contribution is 4.87. The zero-order chi connectivity index (χ0) is 7.68. The van der Waals surface area contributed by atoms with E-state index in [1.54, 1.807) is 0 Å². The Morgan fingerprint density at radius 2 is 2.18 bits per heavy atom. The number of ether oxygens (including phenoxy) is 1. The normalized spacial score (nSPS) is 32.7. The molecule has 2 heterocycles. The molecular formula is C8H16N2O. The number of nitrogens with zero attached hydrogens (tertiary/aromatic N) is 1. The lowest BCUT2D eigenvalue weighted by Gasteiger charge is -2.38. The van der Waals surface area contributed by atoms with E-state index in [0.717, 1.165) is 32.3 Å². The van der Waals surface area contributed by atoms with Crippen LogP contribution in [0.1, 0.15) is 6.42 Å². The Bertz CT molecular complexity index is 130. The van der Waals surface area contributed by atoms with Gasteiger partial charge < -0.3 is 10.1 Å².